The Morgan fingerprint density at radius 3 is 2.92 bits per heavy atom. The van der Waals surface area contributed by atoms with Crippen LogP contribution in [-0.4, -0.2) is 0 Å². The van der Waals surface area contributed by atoms with Crippen molar-refractivity contribution in [3.63, 3.8) is 0 Å². The van der Waals surface area contributed by atoms with Crippen molar-refractivity contribution in [3.05, 3.63) is 32.2 Å². The number of benzene rings is 1. The molecule has 2 heteroatoms. The van der Waals surface area contributed by atoms with Gasteiger partial charge in [-0.15, -0.1) is 11.3 Å². The fourth-order valence-electron chi connectivity index (χ4n) is 1.61. The summed E-state index contributed by atoms with van der Waals surface area (Å²) in [5, 5.41) is 3.63. The monoisotopic (exact) mass is 302 g/mol. The van der Waals surface area contributed by atoms with Gasteiger partial charge in [0.25, 0.3) is 0 Å². The van der Waals surface area contributed by atoms with E-state index in [2.05, 4.69) is 54.0 Å². The van der Waals surface area contributed by atoms with E-state index in [9.17, 15) is 0 Å². The fourth-order valence-corrected chi connectivity index (χ4v) is 3.36. The summed E-state index contributed by atoms with van der Waals surface area (Å²) in [6.07, 6.45) is 1.13. The fraction of sp³-hybridized carbons (Fsp3) is 0.273. The molecule has 1 heterocycles. The Bertz CT molecular complexity index is 443. The van der Waals surface area contributed by atoms with Crippen molar-refractivity contribution < 1.29 is 0 Å². The van der Waals surface area contributed by atoms with Crippen molar-refractivity contribution >= 4 is 44.0 Å². The number of hydrogen-bond acceptors (Lipinski definition) is 1. The molecule has 2 rings (SSSR count). The first kappa shape index (κ1) is 9.46. The molecule has 0 N–H and O–H groups in total. The lowest BCUT2D eigenvalue weighted by molar-refractivity contribution is 1.15. The van der Waals surface area contributed by atoms with Gasteiger partial charge < -0.3 is 0 Å². The first-order valence-corrected chi connectivity index (χ1v) is 6.35. The van der Waals surface area contributed by atoms with Crippen LogP contribution >= 0.6 is 33.9 Å². The lowest BCUT2D eigenvalue weighted by Gasteiger charge is -2.05. The molecule has 1 aromatic carbocycles. The number of thiophene rings is 1. The highest BCUT2D eigenvalue weighted by Crippen LogP contribution is 2.31. The minimum absolute atomic E-state index is 1.13. The molecule has 68 valence electrons. The van der Waals surface area contributed by atoms with E-state index < -0.39 is 0 Å². The molecule has 1 aromatic heterocycles. The van der Waals surface area contributed by atoms with E-state index in [0.717, 1.165) is 6.42 Å². The van der Waals surface area contributed by atoms with Crippen molar-refractivity contribution in [1.82, 2.24) is 0 Å². The SMILES string of the molecule is CCc1cc(C)c(I)c2sccc12. The van der Waals surface area contributed by atoms with Crippen LogP contribution in [0.2, 0.25) is 0 Å². The van der Waals surface area contributed by atoms with Crippen LogP contribution in [0, 0.1) is 10.5 Å². The molecule has 13 heavy (non-hydrogen) atoms. The molecule has 0 radical (unpaired) electrons. The zero-order valence-corrected chi connectivity index (χ0v) is 10.7. The number of rotatable bonds is 1. The van der Waals surface area contributed by atoms with Gasteiger partial charge in [0.2, 0.25) is 0 Å². The quantitative estimate of drug-likeness (QED) is 0.686. The highest BCUT2D eigenvalue weighted by Gasteiger charge is 2.07. The van der Waals surface area contributed by atoms with E-state index >= 15 is 0 Å². The molecular formula is C11H11IS. The zero-order valence-electron chi connectivity index (χ0n) is 7.73. The standard InChI is InChI=1S/C11H11IS/c1-3-8-6-7(2)10(12)11-9(8)4-5-13-11/h4-6H,3H2,1-2H3. The van der Waals surface area contributed by atoms with E-state index in [-0.39, 0.29) is 0 Å². The van der Waals surface area contributed by atoms with Crippen LogP contribution < -0.4 is 0 Å². The Morgan fingerprint density at radius 2 is 2.23 bits per heavy atom. The highest BCUT2D eigenvalue weighted by molar-refractivity contribution is 14.1. The molecule has 0 bridgehead atoms. The van der Waals surface area contributed by atoms with Crippen molar-refractivity contribution in [2.75, 3.05) is 0 Å². The molecule has 0 amide bonds. The van der Waals surface area contributed by atoms with Gasteiger partial charge in [-0.3, -0.25) is 0 Å². The number of hydrogen-bond donors (Lipinski definition) is 0. The second-order valence-corrected chi connectivity index (χ2v) is 5.18. The summed E-state index contributed by atoms with van der Waals surface area (Å²) in [7, 11) is 0. The largest absolute Gasteiger partial charge is 0.143 e. The van der Waals surface area contributed by atoms with Gasteiger partial charge in [-0.2, -0.15) is 0 Å². The second-order valence-electron chi connectivity index (χ2n) is 3.18. The number of fused-ring (bicyclic) bond motifs is 1. The smallest absolute Gasteiger partial charge is 0.0481 e. The van der Waals surface area contributed by atoms with Crippen molar-refractivity contribution in [2.45, 2.75) is 20.3 Å². The Labute approximate surface area is 96.1 Å². The Morgan fingerprint density at radius 1 is 1.46 bits per heavy atom. The van der Waals surface area contributed by atoms with Crippen LogP contribution in [0.15, 0.2) is 17.5 Å². The van der Waals surface area contributed by atoms with Gasteiger partial charge in [-0.1, -0.05) is 13.0 Å². The molecular weight excluding hydrogens is 291 g/mol. The summed E-state index contributed by atoms with van der Waals surface area (Å²) in [5.74, 6) is 0. The maximum atomic E-state index is 2.44. The second kappa shape index (κ2) is 3.58. The molecule has 0 aliphatic carbocycles. The van der Waals surface area contributed by atoms with E-state index in [1.54, 1.807) is 0 Å². The van der Waals surface area contributed by atoms with E-state index in [1.165, 1.54) is 24.8 Å². The Hall–Kier alpha value is -0.0900. The van der Waals surface area contributed by atoms with E-state index in [1.807, 2.05) is 11.3 Å². The van der Waals surface area contributed by atoms with Crippen LogP contribution in [0.25, 0.3) is 10.1 Å². The summed E-state index contributed by atoms with van der Waals surface area (Å²) >= 11 is 4.29. The van der Waals surface area contributed by atoms with Gasteiger partial charge in [0.05, 0.1) is 0 Å². The van der Waals surface area contributed by atoms with Crippen LogP contribution in [0.5, 0.6) is 0 Å². The maximum absolute atomic E-state index is 2.44. The van der Waals surface area contributed by atoms with Gasteiger partial charge in [0.1, 0.15) is 0 Å². The summed E-state index contributed by atoms with van der Waals surface area (Å²) < 4.78 is 2.87. The van der Waals surface area contributed by atoms with Gasteiger partial charge in [-0.25, -0.2) is 0 Å². The van der Waals surface area contributed by atoms with Crippen LogP contribution in [0.3, 0.4) is 0 Å². The number of aryl methyl sites for hydroxylation is 2. The van der Waals surface area contributed by atoms with Gasteiger partial charge in [0.15, 0.2) is 0 Å². The average Bonchev–Trinajstić information content (AvgIpc) is 2.60. The topological polar surface area (TPSA) is 0 Å². The minimum Gasteiger partial charge on any atom is -0.143 e. The van der Waals surface area contributed by atoms with Gasteiger partial charge in [0, 0.05) is 8.27 Å². The first-order valence-electron chi connectivity index (χ1n) is 4.39. The molecule has 0 saturated carbocycles. The lowest BCUT2D eigenvalue weighted by Crippen LogP contribution is -1.87. The highest BCUT2D eigenvalue weighted by atomic mass is 127. The third-order valence-corrected chi connectivity index (χ3v) is 5.02. The zero-order chi connectivity index (χ0) is 9.42. The Kier molecular flexibility index (Phi) is 2.60. The molecule has 0 atom stereocenters. The first-order chi connectivity index (χ1) is 6.24. The van der Waals surface area contributed by atoms with Crippen molar-refractivity contribution in [3.8, 4) is 0 Å². The van der Waals surface area contributed by atoms with Crippen molar-refractivity contribution in [2.24, 2.45) is 0 Å². The van der Waals surface area contributed by atoms with Gasteiger partial charge in [-0.05, 0) is 63.9 Å². The third-order valence-electron chi connectivity index (χ3n) is 2.33. The summed E-state index contributed by atoms with van der Waals surface area (Å²) in [6, 6.07) is 4.55. The summed E-state index contributed by atoms with van der Waals surface area (Å²) in [4.78, 5) is 0. The predicted octanol–water partition coefficient (Wildman–Crippen LogP) is 4.38. The lowest BCUT2D eigenvalue weighted by atomic mass is 10.1. The molecule has 0 aliphatic heterocycles. The third kappa shape index (κ3) is 1.50. The number of halogens is 1. The molecule has 0 spiro atoms. The maximum Gasteiger partial charge on any atom is 0.0481 e. The van der Waals surface area contributed by atoms with Crippen LogP contribution in [0.4, 0.5) is 0 Å². The molecule has 0 nitrogen and oxygen atoms in total. The van der Waals surface area contributed by atoms with E-state index in [4.69, 9.17) is 0 Å². The van der Waals surface area contributed by atoms with Crippen LogP contribution in [0.1, 0.15) is 18.1 Å². The molecule has 0 aliphatic rings. The van der Waals surface area contributed by atoms with Crippen LogP contribution in [-0.2, 0) is 6.42 Å². The Balaban J connectivity index is 2.87. The predicted molar refractivity (Wildman–Crippen MR) is 68.7 cm³/mol. The van der Waals surface area contributed by atoms with Gasteiger partial charge >= 0.3 is 0 Å². The molecule has 0 unspecified atom stereocenters. The molecule has 2 aromatic rings. The van der Waals surface area contributed by atoms with E-state index in [0.29, 0.717) is 0 Å². The minimum atomic E-state index is 1.13. The average molecular weight is 302 g/mol. The summed E-state index contributed by atoms with van der Waals surface area (Å²) in [6.45, 7) is 4.42. The van der Waals surface area contributed by atoms with Crippen molar-refractivity contribution in [1.29, 1.82) is 0 Å². The molecule has 0 fully saturated rings. The normalized spacial score (nSPS) is 11.0. The summed E-state index contributed by atoms with van der Waals surface area (Å²) in [5.41, 5.74) is 2.89. The molecule has 0 saturated heterocycles.